The Hall–Kier alpha value is -1.19. The van der Waals surface area contributed by atoms with Crippen LogP contribution in [0, 0.1) is 12.7 Å². The smallest absolute Gasteiger partial charge is 0.167 e. The van der Waals surface area contributed by atoms with Crippen molar-refractivity contribution in [1.29, 1.82) is 0 Å². The number of rotatable bonds is 3. The molecule has 2 rings (SSSR count). The second-order valence-corrected chi connectivity index (χ2v) is 5.62. The predicted octanol–water partition coefficient (Wildman–Crippen LogP) is 4.98. The fraction of sp³-hybridized carbons (Fsp3) is 0.133. The second-order valence-electron chi connectivity index (χ2n) is 4.30. The van der Waals surface area contributed by atoms with Gasteiger partial charge in [0.15, 0.2) is 5.78 Å². The van der Waals surface area contributed by atoms with Crippen LogP contribution >= 0.6 is 27.5 Å². The zero-order valence-electron chi connectivity index (χ0n) is 10.2. The minimum absolute atomic E-state index is 0.0185. The van der Waals surface area contributed by atoms with Gasteiger partial charge in [0.1, 0.15) is 5.82 Å². The molecule has 0 fully saturated rings. The Kier molecular flexibility index (Phi) is 4.38. The Labute approximate surface area is 124 Å². The van der Waals surface area contributed by atoms with Crippen LogP contribution in [-0.2, 0) is 6.42 Å². The molecule has 0 aliphatic carbocycles. The molecule has 0 atom stereocenters. The van der Waals surface area contributed by atoms with E-state index in [2.05, 4.69) is 15.9 Å². The maximum Gasteiger partial charge on any atom is 0.167 e. The monoisotopic (exact) mass is 340 g/mol. The standard InChI is InChI=1S/C15H11BrClFO/c1-9-2-3-10(7-13(9)17)15(19)8-11-6-12(16)4-5-14(11)18/h2-7H,8H2,1H3. The quantitative estimate of drug-likeness (QED) is 0.720. The summed E-state index contributed by atoms with van der Waals surface area (Å²) in [7, 11) is 0. The number of Topliss-reactive ketones (excluding diaryl/α,β-unsaturated/α-hetero) is 1. The number of carbonyl (C=O) groups is 1. The molecule has 0 heterocycles. The Morgan fingerprint density at radius 3 is 2.68 bits per heavy atom. The van der Waals surface area contributed by atoms with Gasteiger partial charge in [-0.1, -0.05) is 39.7 Å². The van der Waals surface area contributed by atoms with Gasteiger partial charge in [-0.25, -0.2) is 4.39 Å². The summed E-state index contributed by atoms with van der Waals surface area (Å²) in [5, 5.41) is 0.542. The maximum atomic E-state index is 13.6. The van der Waals surface area contributed by atoms with Gasteiger partial charge in [-0.15, -0.1) is 0 Å². The SMILES string of the molecule is Cc1ccc(C(=O)Cc2cc(Br)ccc2F)cc1Cl. The Balaban J connectivity index is 2.25. The van der Waals surface area contributed by atoms with E-state index in [-0.39, 0.29) is 18.0 Å². The van der Waals surface area contributed by atoms with Crippen LogP contribution in [0.1, 0.15) is 21.5 Å². The lowest BCUT2D eigenvalue weighted by molar-refractivity contribution is 0.0992. The highest BCUT2D eigenvalue weighted by molar-refractivity contribution is 9.10. The average molecular weight is 342 g/mol. The van der Waals surface area contributed by atoms with Gasteiger partial charge < -0.3 is 0 Å². The highest BCUT2D eigenvalue weighted by atomic mass is 79.9. The minimum atomic E-state index is -0.380. The van der Waals surface area contributed by atoms with Gasteiger partial charge in [-0.3, -0.25) is 4.79 Å². The number of hydrogen-bond acceptors (Lipinski definition) is 1. The van der Waals surface area contributed by atoms with Crippen molar-refractivity contribution >= 4 is 33.3 Å². The molecule has 0 aromatic heterocycles. The van der Waals surface area contributed by atoms with Crippen molar-refractivity contribution in [1.82, 2.24) is 0 Å². The zero-order valence-corrected chi connectivity index (χ0v) is 12.6. The molecule has 0 bridgehead atoms. The lowest BCUT2D eigenvalue weighted by Gasteiger charge is -2.05. The molecule has 4 heteroatoms. The first-order valence-corrected chi connectivity index (χ1v) is 6.88. The van der Waals surface area contributed by atoms with Crippen molar-refractivity contribution in [3.63, 3.8) is 0 Å². The van der Waals surface area contributed by atoms with Gasteiger partial charge in [0, 0.05) is 21.5 Å². The number of carbonyl (C=O) groups excluding carboxylic acids is 1. The normalized spacial score (nSPS) is 10.5. The van der Waals surface area contributed by atoms with Crippen LogP contribution in [0.25, 0.3) is 0 Å². The molecule has 0 unspecified atom stereocenters. The predicted molar refractivity (Wildman–Crippen MR) is 78.3 cm³/mol. The fourth-order valence-electron chi connectivity index (χ4n) is 1.72. The zero-order chi connectivity index (χ0) is 14.0. The lowest BCUT2D eigenvalue weighted by atomic mass is 10.0. The molecule has 0 radical (unpaired) electrons. The summed E-state index contributed by atoms with van der Waals surface area (Å²) in [5.41, 5.74) is 1.78. The molecule has 0 amide bonds. The summed E-state index contributed by atoms with van der Waals surface area (Å²) >= 11 is 9.25. The van der Waals surface area contributed by atoms with Crippen molar-refractivity contribution in [2.45, 2.75) is 13.3 Å². The van der Waals surface area contributed by atoms with Gasteiger partial charge in [0.05, 0.1) is 0 Å². The molecule has 2 aromatic carbocycles. The van der Waals surface area contributed by atoms with E-state index < -0.39 is 0 Å². The van der Waals surface area contributed by atoms with Crippen molar-refractivity contribution < 1.29 is 9.18 Å². The molecule has 0 aliphatic rings. The van der Waals surface area contributed by atoms with Crippen LogP contribution < -0.4 is 0 Å². The molecule has 0 N–H and O–H groups in total. The molecule has 0 spiro atoms. The third kappa shape index (κ3) is 3.43. The van der Waals surface area contributed by atoms with E-state index in [0.717, 1.165) is 10.0 Å². The Morgan fingerprint density at radius 1 is 1.26 bits per heavy atom. The van der Waals surface area contributed by atoms with Crippen molar-refractivity contribution in [2.75, 3.05) is 0 Å². The van der Waals surface area contributed by atoms with Gasteiger partial charge >= 0.3 is 0 Å². The highest BCUT2D eigenvalue weighted by Crippen LogP contribution is 2.20. The number of benzene rings is 2. The molecule has 19 heavy (non-hydrogen) atoms. The fourth-order valence-corrected chi connectivity index (χ4v) is 2.31. The van der Waals surface area contributed by atoms with E-state index in [4.69, 9.17) is 11.6 Å². The maximum absolute atomic E-state index is 13.6. The third-order valence-electron chi connectivity index (χ3n) is 2.85. The summed E-state index contributed by atoms with van der Waals surface area (Å²) in [6.45, 7) is 1.87. The van der Waals surface area contributed by atoms with Crippen molar-refractivity contribution in [3.8, 4) is 0 Å². The molecule has 0 aliphatic heterocycles. The van der Waals surface area contributed by atoms with Crippen molar-refractivity contribution in [3.05, 3.63) is 68.4 Å². The first-order chi connectivity index (χ1) is 8.97. The Bertz CT molecular complexity index is 640. The molecule has 2 aromatic rings. The molecule has 0 saturated heterocycles. The molecular formula is C15H11BrClFO. The first-order valence-electron chi connectivity index (χ1n) is 5.70. The van der Waals surface area contributed by atoms with Crippen LogP contribution in [0.5, 0.6) is 0 Å². The van der Waals surface area contributed by atoms with E-state index in [1.807, 2.05) is 6.92 Å². The molecule has 0 saturated carbocycles. The van der Waals surface area contributed by atoms with Crippen molar-refractivity contribution in [2.24, 2.45) is 0 Å². The van der Waals surface area contributed by atoms with E-state index in [0.29, 0.717) is 16.1 Å². The second kappa shape index (κ2) is 5.85. The van der Waals surface area contributed by atoms with Crippen LogP contribution in [0.3, 0.4) is 0 Å². The van der Waals surface area contributed by atoms with Gasteiger partial charge in [0.2, 0.25) is 0 Å². The number of hydrogen-bond donors (Lipinski definition) is 0. The van der Waals surface area contributed by atoms with Crippen LogP contribution in [0.15, 0.2) is 40.9 Å². The summed E-state index contributed by atoms with van der Waals surface area (Å²) < 4.78 is 14.3. The largest absolute Gasteiger partial charge is 0.294 e. The van der Waals surface area contributed by atoms with Gasteiger partial charge in [0.25, 0.3) is 0 Å². The molecule has 1 nitrogen and oxygen atoms in total. The highest BCUT2D eigenvalue weighted by Gasteiger charge is 2.12. The first kappa shape index (κ1) is 14.2. The summed E-state index contributed by atoms with van der Waals surface area (Å²) in [4.78, 5) is 12.1. The van der Waals surface area contributed by atoms with Gasteiger partial charge in [-0.2, -0.15) is 0 Å². The summed E-state index contributed by atoms with van der Waals surface area (Å²) in [6.07, 6.45) is 0.0185. The molecular weight excluding hydrogens is 331 g/mol. The van der Waals surface area contributed by atoms with E-state index in [1.54, 1.807) is 30.3 Å². The number of aryl methyl sites for hydroxylation is 1. The van der Waals surface area contributed by atoms with Crippen LogP contribution in [-0.4, -0.2) is 5.78 Å². The topological polar surface area (TPSA) is 17.1 Å². The van der Waals surface area contributed by atoms with Crippen LogP contribution in [0.4, 0.5) is 4.39 Å². The summed E-state index contributed by atoms with van der Waals surface area (Å²) in [5.74, 6) is -0.534. The van der Waals surface area contributed by atoms with E-state index in [9.17, 15) is 9.18 Å². The lowest BCUT2D eigenvalue weighted by Crippen LogP contribution is -2.05. The van der Waals surface area contributed by atoms with Gasteiger partial charge in [-0.05, 0) is 42.3 Å². The molecule has 98 valence electrons. The third-order valence-corrected chi connectivity index (χ3v) is 3.75. The Morgan fingerprint density at radius 2 is 2.00 bits per heavy atom. The van der Waals surface area contributed by atoms with Crippen LogP contribution in [0.2, 0.25) is 5.02 Å². The van der Waals surface area contributed by atoms with E-state index in [1.165, 1.54) is 6.07 Å². The minimum Gasteiger partial charge on any atom is -0.294 e. The number of halogens is 3. The number of ketones is 1. The van der Waals surface area contributed by atoms with E-state index >= 15 is 0 Å². The summed E-state index contributed by atoms with van der Waals surface area (Å²) in [6, 6.07) is 9.67. The average Bonchev–Trinajstić information content (AvgIpc) is 2.37.